The molecule has 0 radical (unpaired) electrons. The van der Waals surface area contributed by atoms with Crippen molar-refractivity contribution < 1.29 is 14.5 Å². The summed E-state index contributed by atoms with van der Waals surface area (Å²) in [4.78, 5) is 28.0. The van der Waals surface area contributed by atoms with E-state index < -0.39 is 4.92 Å². The third kappa shape index (κ3) is 4.28. The molecule has 2 aliphatic heterocycles. The van der Waals surface area contributed by atoms with E-state index in [9.17, 15) is 14.9 Å². The normalized spacial score (nSPS) is 19.4. The summed E-state index contributed by atoms with van der Waals surface area (Å²) in [5.74, 6) is -0.202. The lowest BCUT2D eigenvalue weighted by Gasteiger charge is -2.33. The molecule has 2 saturated heterocycles. The van der Waals surface area contributed by atoms with Gasteiger partial charge in [0.25, 0.3) is 11.6 Å². The number of carbonyl (C=O) groups is 1. The van der Waals surface area contributed by atoms with E-state index in [1.54, 1.807) is 17.0 Å². The molecule has 29 heavy (non-hydrogen) atoms. The molecule has 2 heterocycles. The van der Waals surface area contributed by atoms with E-state index in [0.29, 0.717) is 30.9 Å². The minimum atomic E-state index is -0.394. The molecule has 4 rings (SSSR count). The third-order valence-electron chi connectivity index (χ3n) is 5.46. The van der Waals surface area contributed by atoms with E-state index in [0.717, 1.165) is 36.0 Å². The molecule has 7 nitrogen and oxygen atoms in total. The van der Waals surface area contributed by atoms with Gasteiger partial charge in [-0.15, -0.1) is 0 Å². The van der Waals surface area contributed by atoms with Gasteiger partial charge in [0, 0.05) is 35.7 Å². The van der Waals surface area contributed by atoms with Crippen LogP contribution in [0.25, 0.3) is 0 Å². The SMILES string of the molecule is O=C(c1ccc(N2CCCC2)c([N+](=O)[O-])c1)N1CCOC(c2ccc(Br)cc2)C1. The van der Waals surface area contributed by atoms with Crippen molar-refractivity contribution in [2.45, 2.75) is 18.9 Å². The van der Waals surface area contributed by atoms with Crippen LogP contribution in [0.4, 0.5) is 11.4 Å². The molecule has 0 saturated carbocycles. The number of morpholine rings is 1. The molecule has 1 atom stereocenters. The maximum Gasteiger partial charge on any atom is 0.293 e. The smallest absolute Gasteiger partial charge is 0.293 e. The van der Waals surface area contributed by atoms with Crippen LogP contribution in [0.5, 0.6) is 0 Å². The first-order valence-electron chi connectivity index (χ1n) is 9.72. The van der Waals surface area contributed by atoms with Crippen molar-refractivity contribution in [1.82, 2.24) is 4.90 Å². The molecular weight excluding hydrogens is 438 g/mol. The van der Waals surface area contributed by atoms with Crippen molar-refractivity contribution in [1.29, 1.82) is 0 Å². The van der Waals surface area contributed by atoms with E-state index in [1.165, 1.54) is 6.07 Å². The average molecular weight is 460 g/mol. The van der Waals surface area contributed by atoms with Gasteiger partial charge >= 0.3 is 0 Å². The van der Waals surface area contributed by atoms with Gasteiger partial charge in [-0.1, -0.05) is 28.1 Å². The predicted molar refractivity (Wildman–Crippen MR) is 113 cm³/mol. The molecule has 0 aliphatic carbocycles. The van der Waals surface area contributed by atoms with E-state index in [4.69, 9.17) is 4.74 Å². The molecule has 152 valence electrons. The molecule has 8 heteroatoms. The zero-order valence-electron chi connectivity index (χ0n) is 15.9. The second-order valence-electron chi connectivity index (χ2n) is 7.32. The summed E-state index contributed by atoms with van der Waals surface area (Å²) in [6.07, 6.45) is 1.85. The van der Waals surface area contributed by atoms with Gasteiger partial charge in [0.2, 0.25) is 0 Å². The number of ether oxygens (including phenoxy) is 1. The van der Waals surface area contributed by atoms with Crippen LogP contribution in [0.3, 0.4) is 0 Å². The number of halogens is 1. The predicted octanol–water partition coefficient (Wildman–Crippen LogP) is 4.17. The molecule has 2 aliphatic rings. The topological polar surface area (TPSA) is 75.9 Å². The minimum absolute atomic E-state index is 0.00420. The zero-order valence-corrected chi connectivity index (χ0v) is 17.5. The van der Waals surface area contributed by atoms with Crippen LogP contribution in [0.15, 0.2) is 46.9 Å². The Morgan fingerprint density at radius 3 is 2.52 bits per heavy atom. The van der Waals surface area contributed by atoms with Crippen molar-refractivity contribution in [2.24, 2.45) is 0 Å². The Morgan fingerprint density at radius 1 is 1.10 bits per heavy atom. The molecule has 0 aromatic heterocycles. The number of hydrogen-bond donors (Lipinski definition) is 0. The van der Waals surface area contributed by atoms with Gasteiger partial charge in [0.05, 0.1) is 18.1 Å². The van der Waals surface area contributed by atoms with Crippen LogP contribution >= 0.6 is 15.9 Å². The Labute approximate surface area is 177 Å². The van der Waals surface area contributed by atoms with Gasteiger partial charge < -0.3 is 14.5 Å². The fraction of sp³-hybridized carbons (Fsp3) is 0.381. The van der Waals surface area contributed by atoms with Gasteiger partial charge in [-0.05, 0) is 42.7 Å². The van der Waals surface area contributed by atoms with Crippen LogP contribution in [0, 0.1) is 10.1 Å². The molecular formula is C21H22BrN3O4. The van der Waals surface area contributed by atoms with Crippen molar-refractivity contribution >= 4 is 33.2 Å². The molecule has 0 N–H and O–H groups in total. The molecule has 2 fully saturated rings. The van der Waals surface area contributed by atoms with E-state index in [-0.39, 0.29) is 17.7 Å². The molecule has 0 spiro atoms. The molecule has 2 aromatic rings. The Balaban J connectivity index is 1.54. The lowest BCUT2D eigenvalue weighted by Crippen LogP contribution is -2.42. The first kappa shape index (κ1) is 19.8. The fourth-order valence-corrected chi connectivity index (χ4v) is 4.19. The quantitative estimate of drug-likeness (QED) is 0.506. The minimum Gasteiger partial charge on any atom is -0.370 e. The first-order valence-corrected chi connectivity index (χ1v) is 10.5. The van der Waals surface area contributed by atoms with Crippen LogP contribution in [-0.2, 0) is 4.74 Å². The molecule has 0 bridgehead atoms. The average Bonchev–Trinajstić information content (AvgIpc) is 3.28. The van der Waals surface area contributed by atoms with Crippen molar-refractivity contribution in [3.05, 3.63) is 68.2 Å². The van der Waals surface area contributed by atoms with E-state index >= 15 is 0 Å². The zero-order chi connectivity index (χ0) is 20.4. The first-order chi connectivity index (χ1) is 14.0. The highest BCUT2D eigenvalue weighted by Crippen LogP contribution is 2.32. The third-order valence-corrected chi connectivity index (χ3v) is 5.99. The summed E-state index contributed by atoms with van der Waals surface area (Å²) in [7, 11) is 0. The monoisotopic (exact) mass is 459 g/mol. The second-order valence-corrected chi connectivity index (χ2v) is 8.23. The van der Waals surface area contributed by atoms with Gasteiger partial charge in [0.15, 0.2) is 0 Å². The second kappa shape index (κ2) is 8.51. The lowest BCUT2D eigenvalue weighted by atomic mass is 10.1. The number of amides is 1. The number of anilines is 1. The number of hydrogen-bond acceptors (Lipinski definition) is 5. The van der Waals surface area contributed by atoms with Crippen LogP contribution < -0.4 is 4.90 Å². The number of nitro benzene ring substituents is 1. The molecule has 1 unspecified atom stereocenters. The summed E-state index contributed by atoms with van der Waals surface area (Å²) < 4.78 is 6.83. The van der Waals surface area contributed by atoms with E-state index in [1.807, 2.05) is 29.2 Å². The summed E-state index contributed by atoms with van der Waals surface area (Å²) in [6.45, 7) is 2.94. The maximum atomic E-state index is 13.1. The standard InChI is InChI=1S/C21H22BrN3O4/c22-17-6-3-15(4-7-17)20-14-24(11-12-29-20)21(26)16-5-8-18(19(13-16)25(27)28)23-9-1-2-10-23/h3-8,13,20H,1-2,9-12,14H2. The lowest BCUT2D eigenvalue weighted by molar-refractivity contribution is -0.384. The highest BCUT2D eigenvalue weighted by Gasteiger charge is 2.29. The summed E-state index contributed by atoms with van der Waals surface area (Å²) in [6, 6.07) is 12.7. The summed E-state index contributed by atoms with van der Waals surface area (Å²) >= 11 is 3.42. The number of benzene rings is 2. The highest BCUT2D eigenvalue weighted by molar-refractivity contribution is 9.10. The van der Waals surface area contributed by atoms with Crippen LogP contribution in [-0.4, -0.2) is 48.5 Å². The largest absolute Gasteiger partial charge is 0.370 e. The van der Waals surface area contributed by atoms with Crippen molar-refractivity contribution in [2.75, 3.05) is 37.7 Å². The Hall–Kier alpha value is -2.45. The fourth-order valence-electron chi connectivity index (χ4n) is 3.92. The van der Waals surface area contributed by atoms with Crippen LogP contribution in [0.2, 0.25) is 0 Å². The van der Waals surface area contributed by atoms with Crippen molar-refractivity contribution in [3.8, 4) is 0 Å². The Morgan fingerprint density at radius 2 is 1.83 bits per heavy atom. The van der Waals surface area contributed by atoms with Crippen molar-refractivity contribution in [3.63, 3.8) is 0 Å². The number of carbonyl (C=O) groups excluding carboxylic acids is 1. The van der Waals surface area contributed by atoms with Gasteiger partial charge in [-0.25, -0.2) is 0 Å². The summed E-state index contributed by atoms with van der Waals surface area (Å²) in [5.41, 5.74) is 1.94. The number of nitro groups is 1. The number of nitrogens with zero attached hydrogens (tertiary/aromatic N) is 3. The Bertz CT molecular complexity index is 913. The maximum absolute atomic E-state index is 13.1. The number of rotatable bonds is 4. The van der Waals surface area contributed by atoms with Crippen LogP contribution in [0.1, 0.15) is 34.9 Å². The van der Waals surface area contributed by atoms with E-state index in [2.05, 4.69) is 15.9 Å². The van der Waals surface area contributed by atoms with Gasteiger partial charge in [-0.3, -0.25) is 14.9 Å². The molecule has 1 amide bonds. The summed E-state index contributed by atoms with van der Waals surface area (Å²) in [5, 5.41) is 11.6. The van der Waals surface area contributed by atoms with Gasteiger partial charge in [-0.2, -0.15) is 0 Å². The Kier molecular flexibility index (Phi) is 5.82. The van der Waals surface area contributed by atoms with Gasteiger partial charge in [0.1, 0.15) is 11.8 Å². The highest BCUT2D eigenvalue weighted by atomic mass is 79.9. The molecule has 2 aromatic carbocycles.